The summed E-state index contributed by atoms with van der Waals surface area (Å²) >= 11 is 0. The number of carbonyl (C=O) groups is 3. The van der Waals surface area contributed by atoms with E-state index in [4.69, 9.17) is 0 Å². The fourth-order valence-electron chi connectivity index (χ4n) is 2.71. The lowest BCUT2D eigenvalue weighted by atomic mass is 10.1. The average Bonchev–Trinajstić information content (AvgIpc) is 2.73. The summed E-state index contributed by atoms with van der Waals surface area (Å²) in [5, 5.41) is 5.46. The maximum atomic E-state index is 12.9. The van der Waals surface area contributed by atoms with Crippen molar-refractivity contribution in [2.45, 2.75) is 13.5 Å². The number of hydrogen-bond donors (Lipinski definition) is 2. The molecule has 0 aliphatic rings. The number of hydrogen-bond acceptors (Lipinski definition) is 3. The number of anilines is 1. The van der Waals surface area contributed by atoms with Gasteiger partial charge in [0, 0.05) is 28.9 Å². The minimum Gasteiger partial charge on any atom is -0.348 e. The van der Waals surface area contributed by atoms with E-state index in [1.54, 1.807) is 54.6 Å². The van der Waals surface area contributed by atoms with Gasteiger partial charge in [0.05, 0.1) is 0 Å². The van der Waals surface area contributed by atoms with Crippen molar-refractivity contribution in [3.63, 3.8) is 0 Å². The van der Waals surface area contributed by atoms with Gasteiger partial charge < -0.3 is 10.6 Å². The van der Waals surface area contributed by atoms with E-state index in [0.29, 0.717) is 22.4 Å². The molecule has 0 saturated heterocycles. The third kappa shape index (κ3) is 5.35. The molecule has 3 aromatic rings. The molecule has 0 aliphatic carbocycles. The highest BCUT2D eigenvalue weighted by molar-refractivity contribution is 6.06. The quantitative estimate of drug-likeness (QED) is 0.619. The highest BCUT2D eigenvalue weighted by Crippen LogP contribution is 2.14. The van der Waals surface area contributed by atoms with Gasteiger partial charge in [-0.2, -0.15) is 0 Å². The predicted octanol–water partition coefficient (Wildman–Crippen LogP) is 4.21. The van der Waals surface area contributed by atoms with Gasteiger partial charge in [-0.05, 0) is 55.0 Å². The second-order valence-electron chi connectivity index (χ2n) is 6.48. The molecule has 0 unspecified atom stereocenters. The lowest BCUT2D eigenvalue weighted by Gasteiger charge is -2.09. The first-order valence-corrected chi connectivity index (χ1v) is 8.97. The van der Waals surface area contributed by atoms with Gasteiger partial charge in [0.25, 0.3) is 11.8 Å². The first-order chi connectivity index (χ1) is 13.9. The van der Waals surface area contributed by atoms with E-state index in [-0.39, 0.29) is 30.0 Å². The lowest BCUT2D eigenvalue weighted by Crippen LogP contribution is -2.23. The van der Waals surface area contributed by atoms with Gasteiger partial charge in [-0.25, -0.2) is 4.39 Å². The summed E-state index contributed by atoms with van der Waals surface area (Å²) < 4.78 is 12.9. The average molecular weight is 390 g/mol. The van der Waals surface area contributed by atoms with Crippen molar-refractivity contribution in [3.05, 3.63) is 101 Å². The minimum atomic E-state index is -0.390. The van der Waals surface area contributed by atoms with Crippen LogP contribution in [0.15, 0.2) is 72.8 Å². The predicted molar refractivity (Wildman–Crippen MR) is 108 cm³/mol. The van der Waals surface area contributed by atoms with Crippen LogP contribution in [0.4, 0.5) is 10.1 Å². The Balaban J connectivity index is 1.67. The molecule has 0 fully saturated rings. The molecular formula is C23H19FN2O3. The van der Waals surface area contributed by atoms with Crippen LogP contribution in [0.5, 0.6) is 0 Å². The van der Waals surface area contributed by atoms with Crippen LogP contribution in [-0.4, -0.2) is 17.6 Å². The van der Waals surface area contributed by atoms with Gasteiger partial charge in [0.2, 0.25) is 0 Å². The van der Waals surface area contributed by atoms with Gasteiger partial charge in [0.1, 0.15) is 5.82 Å². The number of nitrogens with one attached hydrogen (secondary N) is 2. The van der Waals surface area contributed by atoms with Crippen molar-refractivity contribution in [2.24, 2.45) is 0 Å². The van der Waals surface area contributed by atoms with Crippen LogP contribution < -0.4 is 10.6 Å². The fourth-order valence-corrected chi connectivity index (χ4v) is 2.71. The number of carbonyl (C=O) groups excluding carboxylic acids is 3. The number of ketones is 1. The summed E-state index contributed by atoms with van der Waals surface area (Å²) in [6.45, 7) is 1.70. The largest absolute Gasteiger partial charge is 0.348 e. The molecule has 2 N–H and O–H groups in total. The molecule has 0 saturated carbocycles. The van der Waals surface area contributed by atoms with Gasteiger partial charge in [-0.1, -0.05) is 30.3 Å². The number of halogens is 1. The lowest BCUT2D eigenvalue weighted by molar-refractivity contribution is 0.0950. The van der Waals surface area contributed by atoms with Crippen LogP contribution in [0, 0.1) is 5.82 Å². The molecule has 0 heterocycles. The third-order valence-corrected chi connectivity index (χ3v) is 4.28. The molecule has 0 spiro atoms. The second kappa shape index (κ2) is 8.93. The number of benzene rings is 3. The van der Waals surface area contributed by atoms with E-state index in [1.807, 2.05) is 0 Å². The van der Waals surface area contributed by atoms with Crippen molar-refractivity contribution in [2.75, 3.05) is 5.32 Å². The molecule has 0 radical (unpaired) electrons. The smallest absolute Gasteiger partial charge is 0.255 e. The van der Waals surface area contributed by atoms with Crippen LogP contribution in [0.2, 0.25) is 0 Å². The van der Waals surface area contributed by atoms with E-state index in [1.165, 1.54) is 25.1 Å². The maximum absolute atomic E-state index is 12.9. The van der Waals surface area contributed by atoms with Gasteiger partial charge in [0.15, 0.2) is 5.78 Å². The van der Waals surface area contributed by atoms with E-state index >= 15 is 0 Å². The Morgan fingerprint density at radius 1 is 0.793 bits per heavy atom. The highest BCUT2D eigenvalue weighted by atomic mass is 19.1. The Morgan fingerprint density at radius 2 is 1.41 bits per heavy atom. The van der Waals surface area contributed by atoms with Crippen LogP contribution in [-0.2, 0) is 6.54 Å². The van der Waals surface area contributed by atoms with Crippen LogP contribution in [0.1, 0.15) is 43.6 Å². The summed E-state index contributed by atoms with van der Waals surface area (Å²) in [6.07, 6.45) is 0. The van der Waals surface area contributed by atoms with Gasteiger partial charge >= 0.3 is 0 Å². The first-order valence-electron chi connectivity index (χ1n) is 8.97. The van der Waals surface area contributed by atoms with Crippen molar-refractivity contribution in [3.8, 4) is 0 Å². The molecule has 3 rings (SSSR count). The molecule has 6 heteroatoms. The molecule has 0 aliphatic heterocycles. The molecule has 146 valence electrons. The van der Waals surface area contributed by atoms with Crippen molar-refractivity contribution < 1.29 is 18.8 Å². The Bertz CT molecular complexity index is 1060. The van der Waals surface area contributed by atoms with Crippen molar-refractivity contribution >= 4 is 23.3 Å². The standard InChI is InChI=1S/C23H19FN2O3/c1-15(27)17-4-3-7-21(13-17)26-23(29)19-6-2-5-18(12-19)22(28)25-14-16-8-10-20(24)11-9-16/h2-13H,14H2,1H3,(H,25,28)(H,26,29). The monoisotopic (exact) mass is 390 g/mol. The maximum Gasteiger partial charge on any atom is 0.255 e. The van der Waals surface area contributed by atoms with E-state index in [2.05, 4.69) is 10.6 Å². The fraction of sp³-hybridized carbons (Fsp3) is 0.0870. The Morgan fingerprint density at radius 3 is 2.10 bits per heavy atom. The summed E-state index contributed by atoms with van der Waals surface area (Å²) in [6, 6.07) is 18.8. The Hall–Kier alpha value is -3.80. The molecule has 29 heavy (non-hydrogen) atoms. The van der Waals surface area contributed by atoms with Crippen LogP contribution >= 0.6 is 0 Å². The topological polar surface area (TPSA) is 75.3 Å². The molecular weight excluding hydrogens is 371 g/mol. The number of Topliss-reactive ketones (excluding diaryl/α,β-unsaturated/α-hetero) is 1. The molecule has 0 aromatic heterocycles. The normalized spacial score (nSPS) is 10.3. The molecule has 0 atom stereocenters. The number of amides is 2. The van der Waals surface area contributed by atoms with E-state index in [0.717, 1.165) is 5.56 Å². The zero-order valence-electron chi connectivity index (χ0n) is 15.7. The van der Waals surface area contributed by atoms with E-state index < -0.39 is 0 Å². The van der Waals surface area contributed by atoms with Gasteiger partial charge in [-0.15, -0.1) is 0 Å². The summed E-state index contributed by atoms with van der Waals surface area (Å²) in [4.78, 5) is 36.4. The molecule has 2 amide bonds. The second-order valence-corrected chi connectivity index (χ2v) is 6.48. The van der Waals surface area contributed by atoms with Crippen molar-refractivity contribution in [1.82, 2.24) is 5.32 Å². The summed E-state index contributed by atoms with van der Waals surface area (Å²) in [5.41, 5.74) is 2.40. The SMILES string of the molecule is CC(=O)c1cccc(NC(=O)c2cccc(C(=O)NCc3ccc(F)cc3)c2)c1. The van der Waals surface area contributed by atoms with Gasteiger partial charge in [-0.3, -0.25) is 14.4 Å². The van der Waals surface area contributed by atoms with Crippen LogP contribution in [0.25, 0.3) is 0 Å². The van der Waals surface area contributed by atoms with Crippen LogP contribution in [0.3, 0.4) is 0 Å². The number of rotatable bonds is 6. The molecule has 0 bridgehead atoms. The van der Waals surface area contributed by atoms with E-state index in [9.17, 15) is 18.8 Å². The summed E-state index contributed by atoms with van der Waals surface area (Å²) in [5.74, 6) is -1.17. The highest BCUT2D eigenvalue weighted by Gasteiger charge is 2.11. The Labute approximate surface area is 167 Å². The first kappa shape index (κ1) is 19.9. The minimum absolute atomic E-state index is 0.0964. The Kier molecular flexibility index (Phi) is 6.14. The molecule has 3 aromatic carbocycles. The molecule has 5 nitrogen and oxygen atoms in total. The summed E-state index contributed by atoms with van der Waals surface area (Å²) in [7, 11) is 0. The zero-order valence-corrected chi connectivity index (χ0v) is 15.7. The van der Waals surface area contributed by atoms with Crippen molar-refractivity contribution in [1.29, 1.82) is 0 Å². The zero-order chi connectivity index (χ0) is 20.8. The third-order valence-electron chi connectivity index (χ3n) is 4.28.